The molecule has 0 saturated carbocycles. The van der Waals surface area contributed by atoms with Crippen LogP contribution in [-0.4, -0.2) is 45.8 Å². The Morgan fingerprint density at radius 3 is 2.55 bits per heavy atom. The number of hydrogen-bond donors (Lipinski definition) is 1. The fourth-order valence-corrected chi connectivity index (χ4v) is 3.60. The van der Waals surface area contributed by atoms with Crippen LogP contribution < -0.4 is 10.2 Å². The minimum absolute atomic E-state index is 0.716. The average Bonchev–Trinajstić information content (AvgIpc) is 3.14. The van der Waals surface area contributed by atoms with E-state index >= 15 is 0 Å². The van der Waals surface area contributed by atoms with E-state index in [0.29, 0.717) is 13.2 Å². The topological polar surface area (TPSA) is 68.1 Å². The summed E-state index contributed by atoms with van der Waals surface area (Å²) >= 11 is 0. The number of rotatable bonds is 4. The number of anilines is 3. The molecule has 1 fully saturated rings. The van der Waals surface area contributed by atoms with Gasteiger partial charge < -0.3 is 15.0 Å². The Kier molecular flexibility index (Phi) is 4.57. The molecule has 2 aromatic heterocycles. The zero-order valence-corrected chi connectivity index (χ0v) is 16.2. The first-order valence-corrected chi connectivity index (χ1v) is 9.75. The van der Waals surface area contributed by atoms with Crippen molar-refractivity contribution < 1.29 is 4.74 Å². The highest BCUT2D eigenvalue weighted by Gasteiger charge is 2.17. The van der Waals surface area contributed by atoms with E-state index in [2.05, 4.69) is 45.3 Å². The van der Waals surface area contributed by atoms with Crippen LogP contribution in [0.2, 0.25) is 0 Å². The van der Waals surface area contributed by atoms with Crippen molar-refractivity contribution in [1.82, 2.24) is 19.5 Å². The summed E-state index contributed by atoms with van der Waals surface area (Å²) in [4.78, 5) is 16.1. The van der Waals surface area contributed by atoms with Gasteiger partial charge in [-0.25, -0.2) is 15.0 Å². The second-order valence-electron chi connectivity index (χ2n) is 7.03. The molecule has 0 unspecified atom stereocenters. The van der Waals surface area contributed by atoms with E-state index in [-0.39, 0.29) is 0 Å². The van der Waals surface area contributed by atoms with Gasteiger partial charge in [0.05, 0.1) is 24.2 Å². The number of ether oxygens (including phenoxy) is 1. The number of para-hydroxylation sites is 3. The molecule has 5 rings (SSSR count). The zero-order valence-electron chi connectivity index (χ0n) is 16.2. The van der Waals surface area contributed by atoms with Crippen LogP contribution in [0.3, 0.4) is 0 Å². The Morgan fingerprint density at radius 1 is 0.931 bits per heavy atom. The molecule has 1 aliphatic rings. The van der Waals surface area contributed by atoms with Crippen LogP contribution in [0.5, 0.6) is 0 Å². The summed E-state index contributed by atoms with van der Waals surface area (Å²) in [5, 5.41) is 3.49. The van der Waals surface area contributed by atoms with Crippen molar-refractivity contribution in [2.75, 3.05) is 36.5 Å². The first-order valence-electron chi connectivity index (χ1n) is 9.75. The molecule has 0 atom stereocenters. The number of fused-ring (bicyclic) bond motifs is 1. The van der Waals surface area contributed by atoms with Crippen LogP contribution in [0.4, 0.5) is 17.5 Å². The van der Waals surface area contributed by atoms with Gasteiger partial charge >= 0.3 is 0 Å². The van der Waals surface area contributed by atoms with E-state index in [1.165, 1.54) is 0 Å². The summed E-state index contributed by atoms with van der Waals surface area (Å²) in [6, 6.07) is 18.3. The van der Waals surface area contributed by atoms with Crippen LogP contribution in [0.25, 0.3) is 16.9 Å². The van der Waals surface area contributed by atoms with E-state index in [1.807, 2.05) is 41.0 Å². The van der Waals surface area contributed by atoms with Crippen LogP contribution in [0.15, 0.2) is 60.9 Å². The van der Waals surface area contributed by atoms with Gasteiger partial charge in [-0.2, -0.15) is 0 Å². The van der Waals surface area contributed by atoms with Gasteiger partial charge in [0.25, 0.3) is 0 Å². The Bertz CT molecular complexity index is 1150. The quantitative estimate of drug-likeness (QED) is 0.577. The monoisotopic (exact) mass is 386 g/mol. The largest absolute Gasteiger partial charge is 0.378 e. The Morgan fingerprint density at radius 2 is 1.69 bits per heavy atom. The molecule has 7 heteroatoms. The Balaban J connectivity index is 1.61. The lowest BCUT2D eigenvalue weighted by molar-refractivity contribution is 0.122. The SMILES string of the molecule is Cc1ccccc1Nc1nc2ccccc2n1-c1cc(N2CCOCC2)ncn1. The average molecular weight is 386 g/mol. The summed E-state index contributed by atoms with van der Waals surface area (Å²) in [6.45, 7) is 5.17. The minimum atomic E-state index is 0.716. The van der Waals surface area contributed by atoms with Gasteiger partial charge in [0.15, 0.2) is 0 Å². The molecule has 0 bridgehead atoms. The summed E-state index contributed by atoms with van der Waals surface area (Å²) in [6.07, 6.45) is 1.62. The molecule has 146 valence electrons. The van der Waals surface area contributed by atoms with Gasteiger partial charge in [-0.05, 0) is 30.7 Å². The van der Waals surface area contributed by atoms with Gasteiger partial charge in [0.1, 0.15) is 18.0 Å². The fraction of sp³-hybridized carbons (Fsp3) is 0.227. The summed E-state index contributed by atoms with van der Waals surface area (Å²) in [5.41, 5.74) is 4.08. The third-order valence-corrected chi connectivity index (χ3v) is 5.15. The fourth-order valence-electron chi connectivity index (χ4n) is 3.60. The third kappa shape index (κ3) is 3.40. The van der Waals surface area contributed by atoms with Crippen molar-refractivity contribution in [1.29, 1.82) is 0 Å². The molecule has 0 radical (unpaired) electrons. The van der Waals surface area contributed by atoms with Gasteiger partial charge in [0.2, 0.25) is 5.95 Å². The number of hydrogen-bond acceptors (Lipinski definition) is 6. The molecule has 1 aliphatic heterocycles. The maximum Gasteiger partial charge on any atom is 0.214 e. The smallest absolute Gasteiger partial charge is 0.214 e. The lowest BCUT2D eigenvalue weighted by Crippen LogP contribution is -2.36. The van der Waals surface area contributed by atoms with Crippen molar-refractivity contribution in [3.8, 4) is 5.82 Å². The normalized spacial score (nSPS) is 14.3. The molecule has 1 saturated heterocycles. The Hall–Kier alpha value is -3.45. The summed E-state index contributed by atoms with van der Waals surface area (Å²) in [5.74, 6) is 2.41. The predicted molar refractivity (Wildman–Crippen MR) is 114 cm³/mol. The van der Waals surface area contributed by atoms with E-state index in [4.69, 9.17) is 9.72 Å². The number of morpholine rings is 1. The second-order valence-corrected chi connectivity index (χ2v) is 7.03. The van der Waals surface area contributed by atoms with Crippen LogP contribution in [0.1, 0.15) is 5.56 Å². The van der Waals surface area contributed by atoms with Crippen LogP contribution in [-0.2, 0) is 4.74 Å². The van der Waals surface area contributed by atoms with Crippen molar-refractivity contribution >= 4 is 28.5 Å². The summed E-state index contributed by atoms with van der Waals surface area (Å²) < 4.78 is 7.52. The van der Waals surface area contributed by atoms with Crippen molar-refractivity contribution in [3.05, 3.63) is 66.5 Å². The number of benzene rings is 2. The molecule has 7 nitrogen and oxygen atoms in total. The summed E-state index contributed by atoms with van der Waals surface area (Å²) in [7, 11) is 0. The zero-order chi connectivity index (χ0) is 19.6. The molecule has 2 aromatic carbocycles. The molecule has 0 aliphatic carbocycles. The number of nitrogens with one attached hydrogen (secondary N) is 1. The van der Waals surface area contributed by atoms with Crippen molar-refractivity contribution in [3.63, 3.8) is 0 Å². The van der Waals surface area contributed by atoms with E-state index in [9.17, 15) is 0 Å². The molecule has 1 N–H and O–H groups in total. The highest BCUT2D eigenvalue weighted by molar-refractivity contribution is 5.82. The van der Waals surface area contributed by atoms with Crippen LogP contribution in [0, 0.1) is 6.92 Å². The molecule has 4 aromatic rings. The highest BCUT2D eigenvalue weighted by atomic mass is 16.5. The van der Waals surface area contributed by atoms with E-state index in [1.54, 1.807) is 6.33 Å². The highest BCUT2D eigenvalue weighted by Crippen LogP contribution is 2.28. The first kappa shape index (κ1) is 17.6. The standard InChI is InChI=1S/C22H22N6O/c1-16-6-2-3-7-17(16)25-22-26-18-8-4-5-9-19(18)28(22)21-14-20(23-15-24-21)27-10-12-29-13-11-27/h2-9,14-15H,10-13H2,1H3,(H,25,26). The maximum absolute atomic E-state index is 5.47. The van der Waals surface area contributed by atoms with Crippen molar-refractivity contribution in [2.24, 2.45) is 0 Å². The maximum atomic E-state index is 5.47. The molecule has 0 spiro atoms. The van der Waals surface area contributed by atoms with E-state index in [0.717, 1.165) is 53.0 Å². The van der Waals surface area contributed by atoms with E-state index < -0.39 is 0 Å². The third-order valence-electron chi connectivity index (χ3n) is 5.15. The molecule has 0 amide bonds. The van der Waals surface area contributed by atoms with Crippen LogP contribution >= 0.6 is 0 Å². The lowest BCUT2D eigenvalue weighted by atomic mass is 10.2. The first-order chi connectivity index (χ1) is 14.3. The molecule has 29 heavy (non-hydrogen) atoms. The van der Waals surface area contributed by atoms with Crippen molar-refractivity contribution in [2.45, 2.75) is 6.92 Å². The molecular formula is C22H22N6O. The predicted octanol–water partition coefficient (Wildman–Crippen LogP) is 3.70. The number of nitrogens with zero attached hydrogens (tertiary/aromatic N) is 5. The number of aromatic nitrogens is 4. The minimum Gasteiger partial charge on any atom is -0.378 e. The molecule has 3 heterocycles. The van der Waals surface area contributed by atoms with Gasteiger partial charge in [-0.15, -0.1) is 0 Å². The second kappa shape index (κ2) is 7.52. The number of imidazole rings is 1. The molecular weight excluding hydrogens is 364 g/mol. The van der Waals surface area contributed by atoms with Gasteiger partial charge in [-0.1, -0.05) is 30.3 Å². The number of aryl methyl sites for hydroxylation is 1. The lowest BCUT2D eigenvalue weighted by Gasteiger charge is -2.27. The Labute approximate surface area is 169 Å². The van der Waals surface area contributed by atoms with Gasteiger partial charge in [0, 0.05) is 24.8 Å². The van der Waals surface area contributed by atoms with Gasteiger partial charge in [-0.3, -0.25) is 4.57 Å².